The zero-order chi connectivity index (χ0) is 8.72. The van der Waals surface area contributed by atoms with E-state index < -0.39 is 0 Å². The van der Waals surface area contributed by atoms with E-state index in [1.165, 1.54) is 16.8 Å². The van der Waals surface area contributed by atoms with Crippen molar-refractivity contribution in [3.05, 3.63) is 22.6 Å². The van der Waals surface area contributed by atoms with Gasteiger partial charge in [0.15, 0.2) is 5.65 Å². The van der Waals surface area contributed by atoms with Crippen LogP contribution in [-0.4, -0.2) is 14.6 Å². The molecule has 0 unspecified atom stereocenters. The number of pyridine rings is 1. The van der Waals surface area contributed by atoms with Gasteiger partial charge in [0.1, 0.15) is 5.82 Å². The smallest absolute Gasteiger partial charge is 0.240 e. The van der Waals surface area contributed by atoms with Gasteiger partial charge in [-0.15, -0.1) is 5.10 Å². The van der Waals surface area contributed by atoms with E-state index in [9.17, 15) is 4.39 Å². The van der Waals surface area contributed by atoms with Crippen LogP contribution in [-0.2, 0) is 0 Å². The van der Waals surface area contributed by atoms with E-state index in [0.717, 1.165) is 0 Å². The van der Waals surface area contributed by atoms with Crippen molar-refractivity contribution in [1.29, 1.82) is 0 Å². The van der Waals surface area contributed by atoms with Gasteiger partial charge in [0, 0.05) is 0 Å². The Bertz CT molecular complexity index is 438. The van der Waals surface area contributed by atoms with Gasteiger partial charge in [-0.25, -0.2) is 8.91 Å². The van der Waals surface area contributed by atoms with E-state index in [1.54, 1.807) is 0 Å². The summed E-state index contributed by atoms with van der Waals surface area (Å²) in [6.07, 6.45) is 1.21. The van der Waals surface area contributed by atoms with Crippen LogP contribution in [0.25, 0.3) is 5.65 Å². The number of nitrogens with zero attached hydrogens (tertiary/aromatic N) is 3. The number of anilines is 1. The number of fused-ring (bicyclic) bond motifs is 1. The molecule has 6 heteroatoms. The molecule has 0 aliphatic rings. The minimum Gasteiger partial charge on any atom is -0.366 e. The fraction of sp³-hybridized carbons (Fsp3) is 0. The molecule has 2 aromatic rings. The van der Waals surface area contributed by atoms with Crippen molar-refractivity contribution < 1.29 is 4.39 Å². The lowest BCUT2D eigenvalue weighted by molar-refractivity contribution is 0.613. The first-order valence-electron chi connectivity index (χ1n) is 3.14. The molecule has 0 saturated carbocycles. The molecule has 2 N–H and O–H groups in total. The first-order valence-corrected chi connectivity index (χ1v) is 3.93. The van der Waals surface area contributed by atoms with Crippen LogP contribution < -0.4 is 5.73 Å². The summed E-state index contributed by atoms with van der Waals surface area (Å²) in [6, 6.07) is 1.31. The standard InChI is InChI=1S/C6H4BrFN4/c7-4-1-3(8)2-12-5(4)10-6(9)11-12/h1-2H,(H2,9,11). The van der Waals surface area contributed by atoms with Gasteiger partial charge >= 0.3 is 0 Å². The van der Waals surface area contributed by atoms with Crippen LogP contribution in [0.15, 0.2) is 16.7 Å². The van der Waals surface area contributed by atoms with Crippen LogP contribution in [0, 0.1) is 5.82 Å². The number of hydrogen-bond donors (Lipinski definition) is 1. The number of nitrogens with two attached hydrogens (primary N) is 1. The highest BCUT2D eigenvalue weighted by Gasteiger charge is 2.05. The largest absolute Gasteiger partial charge is 0.366 e. The molecule has 4 nitrogen and oxygen atoms in total. The maximum Gasteiger partial charge on any atom is 0.240 e. The average Bonchev–Trinajstić information content (AvgIpc) is 2.29. The van der Waals surface area contributed by atoms with E-state index in [2.05, 4.69) is 26.0 Å². The molecule has 0 fully saturated rings. The summed E-state index contributed by atoms with van der Waals surface area (Å²) in [5, 5.41) is 3.75. The van der Waals surface area contributed by atoms with Crippen LogP contribution in [0.4, 0.5) is 10.3 Å². The van der Waals surface area contributed by atoms with Crippen molar-refractivity contribution in [3.8, 4) is 0 Å². The summed E-state index contributed by atoms with van der Waals surface area (Å²) >= 11 is 3.14. The molecular formula is C6H4BrFN4. The van der Waals surface area contributed by atoms with Gasteiger partial charge in [-0.1, -0.05) is 0 Å². The van der Waals surface area contributed by atoms with E-state index >= 15 is 0 Å². The maximum absolute atomic E-state index is 12.7. The third-order valence-electron chi connectivity index (χ3n) is 1.37. The van der Waals surface area contributed by atoms with Crippen LogP contribution >= 0.6 is 15.9 Å². The molecule has 0 spiro atoms. The van der Waals surface area contributed by atoms with Gasteiger partial charge in [-0.3, -0.25) is 0 Å². The number of nitrogen functional groups attached to an aromatic ring is 1. The summed E-state index contributed by atoms with van der Waals surface area (Å²) in [4.78, 5) is 3.87. The maximum atomic E-state index is 12.7. The van der Waals surface area contributed by atoms with E-state index in [-0.39, 0.29) is 11.8 Å². The first-order chi connectivity index (χ1) is 5.66. The lowest BCUT2D eigenvalue weighted by Crippen LogP contribution is -1.90. The van der Waals surface area contributed by atoms with Crippen molar-refractivity contribution in [2.45, 2.75) is 0 Å². The molecule has 0 aliphatic heterocycles. The molecule has 0 atom stereocenters. The predicted molar refractivity (Wildman–Crippen MR) is 45.1 cm³/mol. The number of halogens is 2. The summed E-state index contributed by atoms with van der Waals surface area (Å²) in [6.45, 7) is 0. The van der Waals surface area contributed by atoms with Gasteiger partial charge in [-0.05, 0) is 22.0 Å². The summed E-state index contributed by atoms with van der Waals surface area (Å²) in [7, 11) is 0. The zero-order valence-electron chi connectivity index (χ0n) is 5.83. The average molecular weight is 231 g/mol. The normalized spacial score (nSPS) is 10.8. The molecule has 12 heavy (non-hydrogen) atoms. The number of aromatic nitrogens is 3. The Balaban J connectivity index is 2.88. The van der Waals surface area contributed by atoms with Crippen LogP contribution in [0.3, 0.4) is 0 Å². The van der Waals surface area contributed by atoms with Crippen molar-refractivity contribution in [2.24, 2.45) is 0 Å². The SMILES string of the molecule is Nc1nc2c(Br)cc(F)cn2n1. The number of hydrogen-bond acceptors (Lipinski definition) is 3. The van der Waals surface area contributed by atoms with E-state index in [0.29, 0.717) is 10.1 Å². The number of rotatable bonds is 0. The van der Waals surface area contributed by atoms with Crippen molar-refractivity contribution in [1.82, 2.24) is 14.6 Å². The Morgan fingerprint density at radius 2 is 2.33 bits per heavy atom. The molecule has 62 valence electrons. The lowest BCUT2D eigenvalue weighted by Gasteiger charge is -1.93. The predicted octanol–water partition coefficient (Wildman–Crippen LogP) is 1.21. The fourth-order valence-corrected chi connectivity index (χ4v) is 1.42. The Hall–Kier alpha value is -1.17. The molecule has 0 saturated heterocycles. The second-order valence-electron chi connectivity index (χ2n) is 2.24. The van der Waals surface area contributed by atoms with Crippen LogP contribution in [0.1, 0.15) is 0 Å². The molecular weight excluding hydrogens is 227 g/mol. The topological polar surface area (TPSA) is 56.2 Å². The quantitative estimate of drug-likeness (QED) is 0.741. The van der Waals surface area contributed by atoms with Gasteiger partial charge in [0.25, 0.3) is 0 Å². The Morgan fingerprint density at radius 1 is 1.58 bits per heavy atom. The molecule has 0 aromatic carbocycles. The van der Waals surface area contributed by atoms with Gasteiger partial charge in [-0.2, -0.15) is 4.98 Å². The van der Waals surface area contributed by atoms with E-state index in [1.807, 2.05) is 0 Å². The summed E-state index contributed by atoms with van der Waals surface area (Å²) in [5.41, 5.74) is 5.83. The van der Waals surface area contributed by atoms with Crippen LogP contribution in [0.2, 0.25) is 0 Å². The van der Waals surface area contributed by atoms with Gasteiger partial charge < -0.3 is 5.73 Å². The highest BCUT2D eigenvalue weighted by molar-refractivity contribution is 9.10. The highest BCUT2D eigenvalue weighted by Crippen LogP contribution is 2.17. The molecule has 0 radical (unpaired) electrons. The highest BCUT2D eigenvalue weighted by atomic mass is 79.9. The van der Waals surface area contributed by atoms with Gasteiger partial charge in [0.2, 0.25) is 5.95 Å². The molecule has 2 heterocycles. The van der Waals surface area contributed by atoms with Crippen LogP contribution in [0.5, 0.6) is 0 Å². The third kappa shape index (κ3) is 1.04. The minimum absolute atomic E-state index is 0.126. The molecule has 0 bridgehead atoms. The monoisotopic (exact) mass is 230 g/mol. The molecule has 2 rings (SSSR count). The molecule has 0 amide bonds. The Labute approximate surface area is 75.3 Å². The summed E-state index contributed by atoms with van der Waals surface area (Å²) < 4.78 is 14.6. The Morgan fingerprint density at radius 3 is 3.08 bits per heavy atom. The lowest BCUT2D eigenvalue weighted by atomic mass is 10.5. The van der Waals surface area contributed by atoms with Crippen molar-refractivity contribution in [3.63, 3.8) is 0 Å². The Kier molecular flexibility index (Phi) is 1.50. The minimum atomic E-state index is -0.390. The van der Waals surface area contributed by atoms with E-state index in [4.69, 9.17) is 5.73 Å². The fourth-order valence-electron chi connectivity index (χ4n) is 0.932. The summed E-state index contributed by atoms with van der Waals surface area (Å²) in [5.74, 6) is -0.263. The molecule has 2 aromatic heterocycles. The third-order valence-corrected chi connectivity index (χ3v) is 1.96. The van der Waals surface area contributed by atoms with Crippen molar-refractivity contribution in [2.75, 3.05) is 5.73 Å². The molecule has 0 aliphatic carbocycles. The van der Waals surface area contributed by atoms with Crippen molar-refractivity contribution >= 4 is 27.5 Å². The second kappa shape index (κ2) is 2.41. The zero-order valence-corrected chi connectivity index (χ0v) is 7.42. The van der Waals surface area contributed by atoms with Gasteiger partial charge in [0.05, 0.1) is 10.7 Å². The second-order valence-corrected chi connectivity index (χ2v) is 3.10. The first kappa shape index (κ1) is 7.48.